The Morgan fingerprint density at radius 2 is 2.26 bits per heavy atom. The number of aryl methyl sites for hydroxylation is 1. The monoisotopic (exact) mass is 277 g/mol. The fraction of sp³-hybridized carbons (Fsp3) is 0.308. The molecule has 2 heterocycles. The minimum Gasteiger partial charge on any atom is -0.478 e. The van der Waals surface area contributed by atoms with Crippen LogP contribution in [0.25, 0.3) is 0 Å². The first kappa shape index (κ1) is 13.5. The highest BCUT2D eigenvalue weighted by Crippen LogP contribution is 2.20. The van der Waals surface area contributed by atoms with Crippen molar-refractivity contribution >= 4 is 23.1 Å². The number of nitrogens with zero attached hydrogens (tertiary/aromatic N) is 2. The van der Waals surface area contributed by atoms with Gasteiger partial charge in [0, 0.05) is 30.2 Å². The van der Waals surface area contributed by atoms with Gasteiger partial charge in [-0.1, -0.05) is 6.92 Å². The zero-order valence-electron chi connectivity index (χ0n) is 10.8. The number of carboxylic acid groups (broad SMARTS) is 1. The molecule has 2 aromatic rings. The maximum absolute atomic E-state index is 11.2. The number of carboxylic acids is 1. The first-order valence-corrected chi connectivity index (χ1v) is 6.79. The summed E-state index contributed by atoms with van der Waals surface area (Å²) in [7, 11) is 0. The summed E-state index contributed by atoms with van der Waals surface area (Å²) in [4.78, 5) is 19.6. The Morgan fingerprint density at radius 3 is 2.89 bits per heavy atom. The highest BCUT2D eigenvalue weighted by molar-refractivity contribution is 7.09. The quantitative estimate of drug-likeness (QED) is 0.879. The van der Waals surface area contributed by atoms with E-state index in [9.17, 15) is 9.90 Å². The highest BCUT2D eigenvalue weighted by Gasteiger charge is 2.15. The minimum atomic E-state index is -0.963. The number of rotatable bonds is 5. The summed E-state index contributed by atoms with van der Waals surface area (Å²) in [6, 6.07) is 1.69. The van der Waals surface area contributed by atoms with Gasteiger partial charge in [-0.2, -0.15) is 0 Å². The molecule has 5 nitrogen and oxygen atoms in total. The molecule has 0 fully saturated rings. The average molecular weight is 277 g/mol. The molecule has 2 aromatic heterocycles. The van der Waals surface area contributed by atoms with Crippen molar-refractivity contribution in [3.63, 3.8) is 0 Å². The molecule has 2 rings (SSSR count). The molecule has 1 atom stereocenters. The van der Waals surface area contributed by atoms with Crippen LogP contribution in [-0.2, 0) is 0 Å². The molecular weight excluding hydrogens is 262 g/mol. The molecule has 2 N–H and O–H groups in total. The van der Waals surface area contributed by atoms with Crippen LogP contribution in [0.5, 0.6) is 0 Å². The lowest BCUT2D eigenvalue weighted by atomic mass is 10.1. The Hall–Kier alpha value is -1.95. The lowest BCUT2D eigenvalue weighted by Crippen LogP contribution is -2.14. The summed E-state index contributed by atoms with van der Waals surface area (Å²) in [6.45, 7) is 4.41. The number of pyridine rings is 1. The van der Waals surface area contributed by atoms with E-state index < -0.39 is 5.97 Å². The van der Waals surface area contributed by atoms with Crippen molar-refractivity contribution in [3.05, 3.63) is 40.0 Å². The van der Waals surface area contributed by atoms with Crippen molar-refractivity contribution < 1.29 is 9.90 Å². The van der Waals surface area contributed by atoms with Crippen molar-refractivity contribution in [1.29, 1.82) is 0 Å². The van der Waals surface area contributed by atoms with Crippen LogP contribution in [0.4, 0.5) is 5.82 Å². The Kier molecular flexibility index (Phi) is 4.11. The molecule has 0 saturated carbocycles. The molecule has 0 aromatic carbocycles. The van der Waals surface area contributed by atoms with Gasteiger partial charge < -0.3 is 10.4 Å². The molecule has 0 saturated heterocycles. The van der Waals surface area contributed by atoms with Gasteiger partial charge in [-0.25, -0.2) is 14.8 Å². The van der Waals surface area contributed by atoms with Crippen molar-refractivity contribution in [2.24, 2.45) is 0 Å². The third kappa shape index (κ3) is 3.08. The second kappa shape index (κ2) is 5.79. The number of carbonyl (C=O) groups is 1. The summed E-state index contributed by atoms with van der Waals surface area (Å²) < 4.78 is 0. The zero-order chi connectivity index (χ0) is 13.8. The Bertz CT molecular complexity index is 569. The number of aromatic nitrogens is 2. The summed E-state index contributed by atoms with van der Waals surface area (Å²) >= 11 is 1.59. The van der Waals surface area contributed by atoms with E-state index >= 15 is 0 Å². The molecule has 1 unspecified atom stereocenters. The van der Waals surface area contributed by atoms with Crippen LogP contribution in [0, 0.1) is 6.92 Å². The predicted octanol–water partition coefficient (Wildman–Crippen LogP) is 2.76. The molecular formula is C13H15N3O2S. The second-order valence-corrected chi connectivity index (χ2v) is 5.24. The number of hydrogen-bond acceptors (Lipinski definition) is 5. The van der Waals surface area contributed by atoms with E-state index in [0.29, 0.717) is 17.9 Å². The van der Waals surface area contributed by atoms with Gasteiger partial charge in [-0.3, -0.25) is 0 Å². The molecule has 0 amide bonds. The van der Waals surface area contributed by atoms with Crippen molar-refractivity contribution in [3.8, 4) is 0 Å². The van der Waals surface area contributed by atoms with Gasteiger partial charge in [0.25, 0.3) is 0 Å². The Morgan fingerprint density at radius 1 is 1.47 bits per heavy atom. The van der Waals surface area contributed by atoms with E-state index in [2.05, 4.69) is 15.3 Å². The molecule has 0 bridgehead atoms. The minimum absolute atomic E-state index is 0.212. The molecule has 0 aliphatic rings. The molecule has 0 spiro atoms. The number of hydrogen-bond donors (Lipinski definition) is 2. The van der Waals surface area contributed by atoms with Crippen LogP contribution in [0.3, 0.4) is 0 Å². The Balaban J connectivity index is 2.12. The third-order valence-electron chi connectivity index (χ3n) is 2.82. The SMILES string of the molecule is Cc1ccnc(NCC(C)c2nccs2)c1C(=O)O. The van der Waals surface area contributed by atoms with Crippen molar-refractivity contribution in [2.45, 2.75) is 19.8 Å². The van der Waals surface area contributed by atoms with Crippen LogP contribution in [0.15, 0.2) is 23.8 Å². The molecule has 19 heavy (non-hydrogen) atoms. The second-order valence-electron chi connectivity index (χ2n) is 4.31. The van der Waals surface area contributed by atoms with E-state index in [1.165, 1.54) is 0 Å². The first-order valence-electron chi connectivity index (χ1n) is 5.91. The first-order chi connectivity index (χ1) is 9.09. The van der Waals surface area contributed by atoms with Crippen LogP contribution in [-0.4, -0.2) is 27.6 Å². The van der Waals surface area contributed by atoms with Gasteiger partial charge in [0.05, 0.1) is 5.01 Å². The maximum Gasteiger partial charge on any atom is 0.339 e. The number of nitrogens with one attached hydrogen (secondary N) is 1. The van der Waals surface area contributed by atoms with Crippen LogP contribution < -0.4 is 5.32 Å². The van der Waals surface area contributed by atoms with Crippen LogP contribution in [0.2, 0.25) is 0 Å². The summed E-state index contributed by atoms with van der Waals surface area (Å²) in [6.07, 6.45) is 3.38. The van der Waals surface area contributed by atoms with E-state index in [-0.39, 0.29) is 11.5 Å². The zero-order valence-corrected chi connectivity index (χ0v) is 11.6. The van der Waals surface area contributed by atoms with Crippen molar-refractivity contribution in [2.75, 3.05) is 11.9 Å². The summed E-state index contributed by atoms with van der Waals surface area (Å²) in [5.74, 6) is -0.338. The molecule has 0 aliphatic heterocycles. The number of anilines is 1. The van der Waals surface area contributed by atoms with Gasteiger partial charge in [0.15, 0.2) is 0 Å². The summed E-state index contributed by atoms with van der Waals surface area (Å²) in [5.41, 5.74) is 0.931. The summed E-state index contributed by atoms with van der Waals surface area (Å²) in [5, 5.41) is 15.3. The van der Waals surface area contributed by atoms with Crippen LogP contribution >= 0.6 is 11.3 Å². The highest BCUT2D eigenvalue weighted by atomic mass is 32.1. The third-order valence-corrected chi connectivity index (χ3v) is 3.83. The lowest BCUT2D eigenvalue weighted by Gasteiger charge is -2.13. The standard InChI is InChI=1S/C13H15N3O2S/c1-8-3-4-14-11(10(8)13(17)18)16-7-9(2)12-15-5-6-19-12/h3-6,9H,7H2,1-2H3,(H,14,16)(H,17,18). The Labute approximate surface area is 115 Å². The van der Waals surface area contributed by atoms with E-state index in [4.69, 9.17) is 0 Å². The predicted molar refractivity (Wildman–Crippen MR) is 75.0 cm³/mol. The van der Waals surface area contributed by atoms with Gasteiger partial charge in [0.1, 0.15) is 11.4 Å². The molecule has 0 aliphatic carbocycles. The smallest absolute Gasteiger partial charge is 0.339 e. The van der Waals surface area contributed by atoms with Gasteiger partial charge in [-0.15, -0.1) is 11.3 Å². The van der Waals surface area contributed by atoms with Gasteiger partial charge in [-0.05, 0) is 18.6 Å². The lowest BCUT2D eigenvalue weighted by molar-refractivity contribution is 0.0697. The topological polar surface area (TPSA) is 75.1 Å². The van der Waals surface area contributed by atoms with Gasteiger partial charge in [0.2, 0.25) is 0 Å². The number of thiazole rings is 1. The largest absolute Gasteiger partial charge is 0.478 e. The maximum atomic E-state index is 11.2. The fourth-order valence-corrected chi connectivity index (χ4v) is 2.48. The van der Waals surface area contributed by atoms with E-state index in [1.54, 1.807) is 36.7 Å². The molecule has 6 heteroatoms. The van der Waals surface area contributed by atoms with E-state index in [1.807, 2.05) is 12.3 Å². The molecule has 0 radical (unpaired) electrons. The van der Waals surface area contributed by atoms with E-state index in [0.717, 1.165) is 5.01 Å². The van der Waals surface area contributed by atoms with Crippen LogP contribution in [0.1, 0.15) is 33.8 Å². The average Bonchev–Trinajstić information content (AvgIpc) is 2.89. The van der Waals surface area contributed by atoms with Gasteiger partial charge >= 0.3 is 5.97 Å². The normalized spacial score (nSPS) is 12.1. The fourth-order valence-electron chi connectivity index (χ4n) is 1.78. The molecule has 100 valence electrons. The number of aromatic carboxylic acids is 1. The van der Waals surface area contributed by atoms with Crippen molar-refractivity contribution in [1.82, 2.24) is 9.97 Å².